The maximum Gasteiger partial charge on any atom is 0.251 e. The highest BCUT2D eigenvalue weighted by molar-refractivity contribution is 7.89. The van der Waals surface area contributed by atoms with E-state index < -0.39 is 15.9 Å². The molecule has 184 valence electrons. The molecule has 11 heteroatoms. The third-order valence-electron chi connectivity index (χ3n) is 5.32. The molecule has 2 aromatic rings. The van der Waals surface area contributed by atoms with Crippen LogP contribution in [0.15, 0.2) is 47.4 Å². The summed E-state index contributed by atoms with van der Waals surface area (Å²) < 4.78 is 43.0. The van der Waals surface area contributed by atoms with E-state index in [0.717, 1.165) is 9.87 Å². The van der Waals surface area contributed by atoms with Gasteiger partial charge in [0.25, 0.3) is 5.91 Å². The number of rotatable bonds is 10. The van der Waals surface area contributed by atoms with Crippen LogP contribution in [0, 0.1) is 0 Å². The van der Waals surface area contributed by atoms with E-state index in [0.29, 0.717) is 24.7 Å². The fourth-order valence-electron chi connectivity index (χ4n) is 3.44. The number of hydrogen-bond donors (Lipinski definition) is 2. The number of methoxy groups -OCH3 is 2. The van der Waals surface area contributed by atoms with Crippen molar-refractivity contribution in [2.45, 2.75) is 17.9 Å². The quantitative estimate of drug-likeness (QED) is 0.481. The second kappa shape index (κ2) is 11.3. The molecule has 10 nitrogen and oxygen atoms in total. The molecule has 0 saturated carbocycles. The van der Waals surface area contributed by atoms with Gasteiger partial charge in [0.15, 0.2) is 11.5 Å². The Balaban J connectivity index is 1.73. The highest BCUT2D eigenvalue weighted by atomic mass is 32.2. The second-order valence-electron chi connectivity index (χ2n) is 7.66. The fraction of sp³-hybridized carbons (Fsp3) is 0.391. The third kappa shape index (κ3) is 6.04. The summed E-state index contributed by atoms with van der Waals surface area (Å²) in [6, 6.07) is 10.7. The molecule has 1 atom stereocenters. The predicted molar refractivity (Wildman–Crippen MR) is 124 cm³/mol. The molecule has 1 fully saturated rings. The average molecular weight is 492 g/mol. The van der Waals surface area contributed by atoms with Gasteiger partial charge in [-0.2, -0.15) is 4.31 Å². The number of carbonyl (C=O) groups is 2. The Kier molecular flexibility index (Phi) is 8.48. The van der Waals surface area contributed by atoms with Crippen molar-refractivity contribution in [3.8, 4) is 11.5 Å². The van der Waals surface area contributed by atoms with Crippen molar-refractivity contribution < 1.29 is 32.2 Å². The van der Waals surface area contributed by atoms with Gasteiger partial charge in [0.05, 0.1) is 31.2 Å². The van der Waals surface area contributed by atoms with Crippen LogP contribution in [0.1, 0.15) is 28.9 Å². The van der Waals surface area contributed by atoms with Crippen molar-refractivity contribution >= 4 is 21.8 Å². The molecule has 1 aliphatic heterocycles. The molecule has 0 radical (unpaired) electrons. The van der Waals surface area contributed by atoms with Gasteiger partial charge in [-0.3, -0.25) is 9.59 Å². The van der Waals surface area contributed by atoms with Gasteiger partial charge in [-0.1, -0.05) is 12.1 Å². The summed E-state index contributed by atoms with van der Waals surface area (Å²) in [6.07, 6.45) is 0. The summed E-state index contributed by atoms with van der Waals surface area (Å²) in [4.78, 5) is 24.4. The first kappa shape index (κ1) is 25.5. The van der Waals surface area contributed by atoms with Crippen molar-refractivity contribution in [2.75, 3.05) is 47.1 Å². The number of piperazine rings is 1. The normalized spacial score (nSPS) is 15.3. The van der Waals surface area contributed by atoms with Crippen LogP contribution in [-0.4, -0.2) is 71.6 Å². The summed E-state index contributed by atoms with van der Waals surface area (Å²) >= 11 is 0. The molecule has 1 saturated heterocycles. The van der Waals surface area contributed by atoms with Gasteiger partial charge in [-0.15, -0.1) is 0 Å². The second-order valence-corrected chi connectivity index (χ2v) is 9.60. The molecule has 2 amide bonds. The molecule has 1 heterocycles. The molecular weight excluding hydrogens is 462 g/mol. The number of benzene rings is 2. The number of carbonyl (C=O) groups excluding carboxylic acids is 2. The standard InChI is InChI=1S/C23H29N3O7S/c1-16(17-7-8-20(21(14-17)32-3)33-12-11-31-2)25-23(28)18-5-4-6-19(13-18)34(29,30)26-10-9-24-22(27)15-26/h4-8,13-14,16H,9-12,15H2,1-3H3,(H,24,27)(H,25,28). The SMILES string of the molecule is COCCOc1ccc(C(C)NC(=O)c2cccc(S(=O)(=O)N3CCNC(=O)C3)c2)cc1OC. The number of ether oxygens (including phenoxy) is 3. The van der Waals surface area contributed by atoms with Crippen molar-refractivity contribution in [1.29, 1.82) is 0 Å². The fourth-order valence-corrected chi connectivity index (χ4v) is 4.88. The van der Waals surface area contributed by atoms with Gasteiger partial charge in [-0.25, -0.2) is 8.42 Å². The zero-order valence-corrected chi connectivity index (χ0v) is 20.2. The molecule has 1 unspecified atom stereocenters. The Hall–Kier alpha value is -3.15. The van der Waals surface area contributed by atoms with Crippen LogP contribution in [0.2, 0.25) is 0 Å². The summed E-state index contributed by atoms with van der Waals surface area (Å²) in [6.45, 7) is 2.80. The zero-order valence-electron chi connectivity index (χ0n) is 19.4. The van der Waals surface area contributed by atoms with E-state index in [1.807, 2.05) is 13.0 Å². The summed E-state index contributed by atoms with van der Waals surface area (Å²) in [7, 11) is -0.782. The monoisotopic (exact) mass is 491 g/mol. The van der Waals surface area contributed by atoms with Gasteiger partial charge < -0.3 is 24.8 Å². The van der Waals surface area contributed by atoms with E-state index in [2.05, 4.69) is 10.6 Å². The van der Waals surface area contributed by atoms with E-state index >= 15 is 0 Å². The minimum absolute atomic E-state index is 0.0401. The number of sulfonamides is 1. The van der Waals surface area contributed by atoms with Crippen molar-refractivity contribution in [2.24, 2.45) is 0 Å². The lowest BCUT2D eigenvalue weighted by Gasteiger charge is -2.26. The summed E-state index contributed by atoms with van der Waals surface area (Å²) in [5.74, 6) is 0.294. The smallest absolute Gasteiger partial charge is 0.251 e. The minimum atomic E-state index is -3.90. The molecule has 2 aromatic carbocycles. The first-order valence-electron chi connectivity index (χ1n) is 10.7. The van der Waals surface area contributed by atoms with Crippen LogP contribution in [0.5, 0.6) is 11.5 Å². The number of nitrogens with one attached hydrogen (secondary N) is 2. The van der Waals surface area contributed by atoms with Crippen LogP contribution in [0.4, 0.5) is 0 Å². The van der Waals surface area contributed by atoms with Crippen molar-refractivity contribution in [3.05, 3.63) is 53.6 Å². The maximum absolute atomic E-state index is 12.9. The highest BCUT2D eigenvalue weighted by Crippen LogP contribution is 2.30. The Morgan fingerprint density at radius 3 is 2.65 bits per heavy atom. The van der Waals surface area contributed by atoms with Gasteiger partial charge in [0.2, 0.25) is 15.9 Å². The molecule has 34 heavy (non-hydrogen) atoms. The molecule has 0 bridgehead atoms. The third-order valence-corrected chi connectivity index (χ3v) is 7.16. The largest absolute Gasteiger partial charge is 0.493 e. The molecule has 1 aliphatic rings. The van der Waals surface area contributed by atoms with E-state index in [9.17, 15) is 18.0 Å². The molecule has 2 N–H and O–H groups in total. The highest BCUT2D eigenvalue weighted by Gasteiger charge is 2.29. The number of hydrogen-bond acceptors (Lipinski definition) is 7. The maximum atomic E-state index is 12.9. The molecular formula is C23H29N3O7S. The van der Waals surface area contributed by atoms with Crippen LogP contribution in [0.3, 0.4) is 0 Å². The number of nitrogens with zero attached hydrogens (tertiary/aromatic N) is 1. The first-order chi connectivity index (χ1) is 16.3. The Morgan fingerprint density at radius 1 is 1.15 bits per heavy atom. The Morgan fingerprint density at radius 2 is 1.94 bits per heavy atom. The van der Waals surface area contributed by atoms with Gasteiger partial charge in [-0.05, 0) is 42.8 Å². The Bertz CT molecular complexity index is 1140. The van der Waals surface area contributed by atoms with Crippen LogP contribution in [0.25, 0.3) is 0 Å². The lowest BCUT2D eigenvalue weighted by Crippen LogP contribution is -2.49. The van der Waals surface area contributed by atoms with Crippen molar-refractivity contribution in [3.63, 3.8) is 0 Å². The molecule has 3 rings (SSSR count). The van der Waals surface area contributed by atoms with Gasteiger partial charge >= 0.3 is 0 Å². The first-order valence-corrected chi connectivity index (χ1v) is 12.2. The van der Waals surface area contributed by atoms with E-state index in [1.165, 1.54) is 31.4 Å². The van der Waals surface area contributed by atoms with Gasteiger partial charge in [0.1, 0.15) is 6.61 Å². The topological polar surface area (TPSA) is 123 Å². The van der Waals surface area contributed by atoms with Crippen LogP contribution < -0.4 is 20.1 Å². The molecule has 0 aliphatic carbocycles. The van der Waals surface area contributed by atoms with Crippen LogP contribution in [-0.2, 0) is 19.6 Å². The summed E-state index contributed by atoms with van der Waals surface area (Å²) in [5.41, 5.74) is 0.980. The van der Waals surface area contributed by atoms with Crippen LogP contribution >= 0.6 is 0 Å². The van der Waals surface area contributed by atoms with E-state index in [1.54, 1.807) is 19.2 Å². The average Bonchev–Trinajstić information content (AvgIpc) is 2.84. The minimum Gasteiger partial charge on any atom is -0.493 e. The Labute approximate surface area is 199 Å². The van der Waals surface area contributed by atoms with Gasteiger partial charge in [0, 0.05) is 25.8 Å². The van der Waals surface area contributed by atoms with E-state index in [4.69, 9.17) is 14.2 Å². The van der Waals surface area contributed by atoms with Crippen molar-refractivity contribution in [1.82, 2.24) is 14.9 Å². The molecule has 0 spiro atoms. The lowest BCUT2D eigenvalue weighted by atomic mass is 10.1. The summed E-state index contributed by atoms with van der Waals surface area (Å²) in [5, 5.41) is 5.47. The lowest BCUT2D eigenvalue weighted by molar-refractivity contribution is -0.122. The predicted octanol–water partition coefficient (Wildman–Crippen LogP) is 1.33. The molecule has 0 aromatic heterocycles. The van der Waals surface area contributed by atoms with E-state index in [-0.39, 0.29) is 42.0 Å². The number of amides is 2. The zero-order chi connectivity index (χ0) is 24.7.